The van der Waals surface area contributed by atoms with Gasteiger partial charge in [-0.15, -0.1) is 11.3 Å². The van der Waals surface area contributed by atoms with E-state index in [0.29, 0.717) is 22.4 Å². The number of carbonyl (C=O) groups is 1. The molecule has 0 aliphatic carbocycles. The second-order valence-corrected chi connectivity index (χ2v) is 6.59. The first-order valence-electron chi connectivity index (χ1n) is 7.89. The lowest BCUT2D eigenvalue weighted by Gasteiger charge is -2.05. The van der Waals surface area contributed by atoms with Crippen LogP contribution >= 0.6 is 11.3 Å². The molecular weight excluding hydrogens is 342 g/mol. The van der Waals surface area contributed by atoms with E-state index >= 15 is 0 Å². The number of carbonyl (C=O) groups excluding carboxylic acids is 1. The molecule has 1 amide bonds. The summed E-state index contributed by atoms with van der Waals surface area (Å²) in [5.74, 6) is 0.793. The summed E-state index contributed by atoms with van der Waals surface area (Å²) in [5.41, 5.74) is 0. The third-order valence-electron chi connectivity index (χ3n) is 3.73. The van der Waals surface area contributed by atoms with Gasteiger partial charge in [0.2, 0.25) is 17.5 Å². The molecule has 0 radical (unpaired) electrons. The highest BCUT2D eigenvalue weighted by atomic mass is 32.1. The molecule has 1 N–H and O–H groups in total. The second kappa shape index (κ2) is 7.08. The Hall–Kier alpha value is -2.65. The molecular formula is C16H15N5O3S. The summed E-state index contributed by atoms with van der Waals surface area (Å²) in [5, 5.41) is 6.59. The second-order valence-electron chi connectivity index (χ2n) is 5.47. The smallest absolute Gasteiger partial charge is 0.261 e. The molecule has 25 heavy (non-hydrogen) atoms. The van der Waals surface area contributed by atoms with Crippen LogP contribution in [0, 0.1) is 0 Å². The van der Waals surface area contributed by atoms with E-state index in [-0.39, 0.29) is 18.6 Å². The van der Waals surface area contributed by atoms with Gasteiger partial charge in [0.25, 0.3) is 5.91 Å². The van der Waals surface area contributed by atoms with Crippen molar-refractivity contribution in [2.45, 2.75) is 25.5 Å². The van der Waals surface area contributed by atoms with Gasteiger partial charge >= 0.3 is 0 Å². The average Bonchev–Trinajstić information content (AvgIpc) is 3.41. The number of aromatic nitrogens is 4. The first kappa shape index (κ1) is 15.9. The van der Waals surface area contributed by atoms with Crippen LogP contribution in [0.4, 0.5) is 0 Å². The zero-order valence-electron chi connectivity index (χ0n) is 13.2. The fourth-order valence-electron chi connectivity index (χ4n) is 2.53. The predicted octanol–water partition coefficient (Wildman–Crippen LogP) is 2.37. The molecule has 3 aromatic heterocycles. The molecule has 128 valence electrons. The molecule has 9 heteroatoms. The van der Waals surface area contributed by atoms with Gasteiger partial charge in [-0.1, -0.05) is 5.16 Å². The van der Waals surface area contributed by atoms with E-state index in [1.807, 2.05) is 12.1 Å². The summed E-state index contributed by atoms with van der Waals surface area (Å²) in [6.07, 6.45) is 5.39. The van der Waals surface area contributed by atoms with Crippen LogP contribution in [0.15, 0.2) is 35.1 Å². The molecule has 4 rings (SSSR count). The number of ether oxygens (including phenoxy) is 1. The molecule has 0 spiro atoms. The molecule has 1 aliphatic rings. The van der Waals surface area contributed by atoms with Gasteiger partial charge in [-0.25, -0.2) is 9.97 Å². The van der Waals surface area contributed by atoms with Crippen molar-refractivity contribution in [1.82, 2.24) is 25.4 Å². The first-order valence-corrected chi connectivity index (χ1v) is 8.71. The normalized spacial score (nSPS) is 16.9. The van der Waals surface area contributed by atoms with Crippen LogP contribution in [0.1, 0.15) is 39.4 Å². The van der Waals surface area contributed by atoms with E-state index in [4.69, 9.17) is 9.26 Å². The summed E-state index contributed by atoms with van der Waals surface area (Å²) in [6, 6.07) is 5.47. The Morgan fingerprint density at radius 3 is 2.96 bits per heavy atom. The van der Waals surface area contributed by atoms with E-state index in [2.05, 4.69) is 25.4 Å². The van der Waals surface area contributed by atoms with Crippen molar-refractivity contribution in [2.75, 3.05) is 6.61 Å². The fraction of sp³-hybridized carbons (Fsp3) is 0.312. The minimum atomic E-state index is -0.176. The molecule has 3 aromatic rings. The van der Waals surface area contributed by atoms with E-state index < -0.39 is 0 Å². The lowest BCUT2D eigenvalue weighted by Crippen LogP contribution is -2.21. The Bertz CT molecular complexity index is 858. The van der Waals surface area contributed by atoms with Crippen LogP contribution in [0.5, 0.6) is 0 Å². The number of thiophene rings is 1. The van der Waals surface area contributed by atoms with Gasteiger partial charge < -0.3 is 14.6 Å². The quantitative estimate of drug-likeness (QED) is 0.747. The molecule has 1 aliphatic heterocycles. The van der Waals surface area contributed by atoms with Crippen LogP contribution in [0.2, 0.25) is 0 Å². The maximum atomic E-state index is 12.3. The first-order chi connectivity index (χ1) is 12.3. The highest BCUT2D eigenvalue weighted by Gasteiger charge is 2.21. The van der Waals surface area contributed by atoms with Crippen LogP contribution in [0.3, 0.4) is 0 Å². The summed E-state index contributed by atoms with van der Waals surface area (Å²) in [7, 11) is 0. The van der Waals surface area contributed by atoms with Gasteiger partial charge in [0.1, 0.15) is 0 Å². The van der Waals surface area contributed by atoms with Crippen molar-refractivity contribution >= 4 is 17.2 Å². The molecule has 4 heterocycles. The summed E-state index contributed by atoms with van der Waals surface area (Å²) >= 11 is 1.45. The Kier molecular flexibility index (Phi) is 4.49. The molecule has 1 unspecified atom stereocenters. The summed E-state index contributed by atoms with van der Waals surface area (Å²) < 4.78 is 10.8. The van der Waals surface area contributed by atoms with E-state index in [1.165, 1.54) is 11.3 Å². The largest absolute Gasteiger partial charge is 0.373 e. The number of hydrogen-bond acceptors (Lipinski definition) is 8. The van der Waals surface area contributed by atoms with Gasteiger partial charge in [-0.3, -0.25) is 4.79 Å². The van der Waals surface area contributed by atoms with Gasteiger partial charge in [-0.2, -0.15) is 4.98 Å². The molecule has 0 saturated carbocycles. The van der Waals surface area contributed by atoms with Crippen molar-refractivity contribution in [2.24, 2.45) is 0 Å². The SMILES string of the molecule is O=C(NCc1nc(-c2ncccn2)no1)c1ccc(C2CCCO2)s1. The van der Waals surface area contributed by atoms with E-state index in [1.54, 1.807) is 18.5 Å². The Morgan fingerprint density at radius 1 is 1.28 bits per heavy atom. The highest BCUT2D eigenvalue weighted by Crippen LogP contribution is 2.33. The van der Waals surface area contributed by atoms with Gasteiger partial charge in [0.15, 0.2) is 0 Å². The zero-order chi connectivity index (χ0) is 17.1. The molecule has 8 nitrogen and oxygen atoms in total. The molecule has 0 aromatic carbocycles. The van der Waals surface area contributed by atoms with Gasteiger partial charge in [-0.05, 0) is 31.0 Å². The minimum absolute atomic E-state index is 0.121. The van der Waals surface area contributed by atoms with E-state index in [0.717, 1.165) is 24.3 Å². The molecule has 1 atom stereocenters. The Balaban J connectivity index is 1.37. The van der Waals surface area contributed by atoms with Crippen molar-refractivity contribution in [1.29, 1.82) is 0 Å². The van der Waals surface area contributed by atoms with Gasteiger partial charge in [0, 0.05) is 23.9 Å². The monoisotopic (exact) mass is 357 g/mol. The number of nitrogens with one attached hydrogen (secondary N) is 1. The van der Waals surface area contributed by atoms with Crippen molar-refractivity contribution in [3.8, 4) is 11.6 Å². The topological polar surface area (TPSA) is 103 Å². The van der Waals surface area contributed by atoms with Gasteiger partial charge in [0.05, 0.1) is 17.5 Å². The van der Waals surface area contributed by atoms with Crippen molar-refractivity contribution in [3.05, 3.63) is 46.2 Å². The zero-order valence-corrected chi connectivity index (χ0v) is 14.0. The molecule has 1 fully saturated rings. The average molecular weight is 357 g/mol. The maximum absolute atomic E-state index is 12.3. The fourth-order valence-corrected chi connectivity index (χ4v) is 3.53. The summed E-state index contributed by atoms with van der Waals surface area (Å²) in [6.45, 7) is 0.931. The standard InChI is InChI=1S/C16H15N5O3S/c22-16(12-5-4-11(25-12)10-3-1-8-23-10)19-9-13-20-15(21-24-13)14-17-6-2-7-18-14/h2,4-7,10H,1,3,8-9H2,(H,19,22). The van der Waals surface area contributed by atoms with Crippen molar-refractivity contribution in [3.63, 3.8) is 0 Å². The Labute approximate surface area is 147 Å². The van der Waals surface area contributed by atoms with Crippen LogP contribution in [-0.4, -0.2) is 32.6 Å². The predicted molar refractivity (Wildman–Crippen MR) is 88.7 cm³/mol. The third-order valence-corrected chi connectivity index (χ3v) is 4.91. The number of nitrogens with zero attached hydrogens (tertiary/aromatic N) is 4. The molecule has 1 saturated heterocycles. The number of amides is 1. The minimum Gasteiger partial charge on any atom is -0.373 e. The maximum Gasteiger partial charge on any atom is 0.261 e. The van der Waals surface area contributed by atoms with Crippen LogP contribution < -0.4 is 5.32 Å². The van der Waals surface area contributed by atoms with Crippen molar-refractivity contribution < 1.29 is 14.1 Å². The summed E-state index contributed by atoms with van der Waals surface area (Å²) in [4.78, 5) is 26.3. The van der Waals surface area contributed by atoms with Crippen LogP contribution in [-0.2, 0) is 11.3 Å². The third kappa shape index (κ3) is 3.57. The highest BCUT2D eigenvalue weighted by molar-refractivity contribution is 7.14. The number of rotatable bonds is 5. The Morgan fingerprint density at radius 2 is 2.16 bits per heavy atom. The lowest BCUT2D eigenvalue weighted by atomic mass is 10.2. The van der Waals surface area contributed by atoms with E-state index in [9.17, 15) is 4.79 Å². The lowest BCUT2D eigenvalue weighted by molar-refractivity contribution is 0.0950. The van der Waals surface area contributed by atoms with Crippen LogP contribution in [0.25, 0.3) is 11.6 Å². The molecule has 0 bridgehead atoms. The number of hydrogen-bond donors (Lipinski definition) is 1.